The highest BCUT2D eigenvalue weighted by Gasteiger charge is 2.29. The molecule has 9 heteroatoms. The number of aromatic nitrogens is 2. The van der Waals surface area contributed by atoms with Gasteiger partial charge in [-0.3, -0.25) is 14.5 Å². The van der Waals surface area contributed by atoms with E-state index in [1.54, 1.807) is 0 Å². The first-order valence-corrected chi connectivity index (χ1v) is 12.5. The molecule has 4 heterocycles. The van der Waals surface area contributed by atoms with Crippen LogP contribution in [-0.4, -0.2) is 52.0 Å². The molecule has 2 saturated heterocycles. The third kappa shape index (κ3) is 5.46. The van der Waals surface area contributed by atoms with Gasteiger partial charge in [0.15, 0.2) is 0 Å². The van der Waals surface area contributed by atoms with Crippen LogP contribution in [0.3, 0.4) is 0 Å². The van der Waals surface area contributed by atoms with Crippen molar-refractivity contribution in [2.45, 2.75) is 52.7 Å². The number of halogens is 1. The maximum absolute atomic E-state index is 11.9. The number of carbonyl (C=O) groups is 2. The molecule has 1 aromatic carbocycles. The summed E-state index contributed by atoms with van der Waals surface area (Å²) >= 11 is 7.77. The Kier molecular flexibility index (Phi) is 7.33. The highest BCUT2D eigenvalue weighted by molar-refractivity contribution is 7.19. The van der Waals surface area contributed by atoms with Crippen molar-refractivity contribution in [2.75, 3.05) is 19.7 Å². The third-order valence-electron chi connectivity index (χ3n) is 6.04. The molecule has 0 saturated carbocycles. The molecule has 0 atom stereocenters. The van der Waals surface area contributed by atoms with Gasteiger partial charge in [-0.2, -0.15) is 0 Å². The maximum atomic E-state index is 11.9. The quantitative estimate of drug-likeness (QED) is 0.526. The van der Waals surface area contributed by atoms with Gasteiger partial charge in [-0.1, -0.05) is 11.6 Å². The van der Waals surface area contributed by atoms with E-state index in [1.165, 1.54) is 22.6 Å². The molecule has 3 aromatic rings. The Morgan fingerprint density at radius 2 is 1.88 bits per heavy atom. The van der Waals surface area contributed by atoms with Gasteiger partial charge in [-0.15, -0.1) is 11.3 Å². The Bertz CT molecular complexity index is 1220. The van der Waals surface area contributed by atoms with Gasteiger partial charge in [-0.25, -0.2) is 9.97 Å². The van der Waals surface area contributed by atoms with Crippen LogP contribution in [0.15, 0.2) is 24.5 Å². The second-order valence-corrected chi connectivity index (χ2v) is 10.8. The average molecular weight is 501 g/mol. The predicted octanol–water partition coefficient (Wildman–Crippen LogP) is 4.66. The summed E-state index contributed by atoms with van der Waals surface area (Å²) in [6.07, 6.45) is 2.14. The van der Waals surface area contributed by atoms with Crippen molar-refractivity contribution >= 4 is 45.0 Å². The first kappa shape index (κ1) is 24.7. The number of imide groups is 1. The normalized spacial score (nSPS) is 17.7. The van der Waals surface area contributed by atoms with Crippen molar-refractivity contribution in [3.8, 4) is 11.3 Å². The Hall–Kier alpha value is -2.39. The summed E-state index contributed by atoms with van der Waals surface area (Å²) in [6, 6.07) is 5.78. The summed E-state index contributed by atoms with van der Waals surface area (Å²) in [5.74, 6) is -0.222. The fourth-order valence-electron chi connectivity index (χ4n) is 4.03. The lowest BCUT2D eigenvalue weighted by Gasteiger charge is -2.30. The molecule has 34 heavy (non-hydrogen) atoms. The highest BCUT2D eigenvalue weighted by Crippen LogP contribution is 2.36. The van der Waals surface area contributed by atoms with Crippen molar-refractivity contribution in [3.63, 3.8) is 0 Å². The van der Waals surface area contributed by atoms with Gasteiger partial charge < -0.3 is 10.1 Å². The Morgan fingerprint density at radius 1 is 1.15 bits per heavy atom. The second kappa shape index (κ2) is 10.1. The van der Waals surface area contributed by atoms with Crippen LogP contribution in [0.4, 0.5) is 0 Å². The van der Waals surface area contributed by atoms with E-state index in [9.17, 15) is 9.59 Å². The van der Waals surface area contributed by atoms with E-state index in [1.807, 2.05) is 32.0 Å². The van der Waals surface area contributed by atoms with E-state index in [0.29, 0.717) is 24.4 Å². The van der Waals surface area contributed by atoms with Crippen LogP contribution < -0.4 is 5.32 Å². The number of ether oxygens (including phenoxy) is 1. The summed E-state index contributed by atoms with van der Waals surface area (Å²) in [4.78, 5) is 34.8. The summed E-state index contributed by atoms with van der Waals surface area (Å²) in [5.41, 5.74) is 4.90. The number of hydrogen-bond acceptors (Lipinski definition) is 7. The molecular formula is C25H29ClN4O3S. The number of thiophene rings is 1. The molecule has 0 bridgehead atoms. The average Bonchev–Trinajstić information content (AvgIpc) is 3.34. The van der Waals surface area contributed by atoms with Gasteiger partial charge in [0.1, 0.15) is 6.33 Å². The minimum absolute atomic E-state index is 0.0677. The molecule has 0 unspecified atom stereocenters. The van der Waals surface area contributed by atoms with Crippen LogP contribution in [0.25, 0.3) is 21.5 Å². The van der Waals surface area contributed by atoms with Crippen molar-refractivity contribution in [1.29, 1.82) is 0 Å². The van der Waals surface area contributed by atoms with Gasteiger partial charge in [0.05, 0.1) is 34.7 Å². The topological polar surface area (TPSA) is 84.4 Å². The first-order chi connectivity index (χ1) is 16.1. The van der Waals surface area contributed by atoms with Gasteiger partial charge in [0.2, 0.25) is 11.8 Å². The Morgan fingerprint density at radius 3 is 2.50 bits per heavy atom. The number of fused-ring (bicyclic) bond motifs is 1. The number of hydrogen-bond donors (Lipinski definition) is 1. The Balaban J connectivity index is 0.000000291. The number of nitrogens with zero attached hydrogens (tertiary/aromatic N) is 3. The molecule has 0 aliphatic carbocycles. The van der Waals surface area contributed by atoms with Crippen LogP contribution in [0.1, 0.15) is 42.7 Å². The first-order valence-electron chi connectivity index (χ1n) is 11.3. The lowest BCUT2D eigenvalue weighted by Crippen LogP contribution is -2.45. The van der Waals surface area contributed by atoms with E-state index in [2.05, 4.69) is 29.1 Å². The van der Waals surface area contributed by atoms with Crippen LogP contribution in [0, 0.1) is 13.8 Å². The van der Waals surface area contributed by atoms with Crippen LogP contribution in [0.2, 0.25) is 5.02 Å². The van der Waals surface area contributed by atoms with E-state index in [-0.39, 0.29) is 17.4 Å². The highest BCUT2D eigenvalue weighted by atomic mass is 35.5. The SMILES string of the molecule is CC1(C)CNCCO1.Cc1cc(Cl)cc(-c2ncnc3cc(CN4C(=O)CCC4=O)sc23)c1C. The molecule has 180 valence electrons. The van der Waals surface area contributed by atoms with Gasteiger partial charge in [-0.05, 0) is 57.0 Å². The molecule has 5 rings (SSSR count). The molecule has 2 aliphatic rings. The van der Waals surface area contributed by atoms with E-state index in [4.69, 9.17) is 16.3 Å². The predicted molar refractivity (Wildman–Crippen MR) is 135 cm³/mol. The van der Waals surface area contributed by atoms with Gasteiger partial charge >= 0.3 is 0 Å². The number of amides is 2. The van der Waals surface area contributed by atoms with Crippen LogP contribution >= 0.6 is 22.9 Å². The van der Waals surface area contributed by atoms with Crippen molar-refractivity contribution in [3.05, 3.63) is 45.6 Å². The number of carbonyl (C=O) groups excluding carboxylic acids is 2. The van der Waals surface area contributed by atoms with E-state index < -0.39 is 0 Å². The van der Waals surface area contributed by atoms with Crippen molar-refractivity contribution in [2.24, 2.45) is 0 Å². The van der Waals surface area contributed by atoms with Gasteiger partial charge in [0.25, 0.3) is 0 Å². The monoisotopic (exact) mass is 500 g/mol. The number of aryl methyl sites for hydroxylation is 1. The fourth-order valence-corrected chi connectivity index (χ4v) is 5.40. The minimum atomic E-state index is -0.111. The standard InChI is InChI=1S/C19H16ClN3O2S.C6H13NO/c1-10-5-12(20)6-14(11(10)2)18-19-15(21-9-22-18)7-13(26-19)8-23-16(24)3-4-17(23)25;1-6(2)5-7-3-4-8-6/h5-7,9H,3-4,8H2,1-2H3;7H,3-5H2,1-2H3. The van der Waals surface area contributed by atoms with E-state index in [0.717, 1.165) is 57.2 Å². The van der Waals surface area contributed by atoms with Crippen LogP contribution in [-0.2, 0) is 20.9 Å². The smallest absolute Gasteiger partial charge is 0.230 e. The molecule has 7 nitrogen and oxygen atoms in total. The third-order valence-corrected chi connectivity index (χ3v) is 7.37. The van der Waals surface area contributed by atoms with Crippen molar-refractivity contribution in [1.82, 2.24) is 20.2 Å². The lowest BCUT2D eigenvalue weighted by molar-refractivity contribution is -0.138. The summed E-state index contributed by atoms with van der Waals surface area (Å²) in [7, 11) is 0. The number of morpholine rings is 1. The van der Waals surface area contributed by atoms with Crippen LogP contribution in [0.5, 0.6) is 0 Å². The number of rotatable bonds is 3. The number of nitrogens with one attached hydrogen (secondary N) is 1. The van der Waals surface area contributed by atoms with Gasteiger partial charge in [0, 0.05) is 41.4 Å². The molecule has 2 fully saturated rings. The summed E-state index contributed by atoms with van der Waals surface area (Å²) in [5, 5.41) is 3.92. The number of likely N-dealkylation sites (tertiary alicyclic amines) is 1. The largest absolute Gasteiger partial charge is 0.373 e. The molecule has 1 N–H and O–H groups in total. The number of benzene rings is 1. The fraction of sp³-hybridized carbons (Fsp3) is 0.440. The molecule has 2 amide bonds. The zero-order valence-corrected chi connectivity index (χ0v) is 21.5. The molecule has 2 aliphatic heterocycles. The molecule has 0 radical (unpaired) electrons. The van der Waals surface area contributed by atoms with E-state index >= 15 is 0 Å². The summed E-state index contributed by atoms with van der Waals surface area (Å²) in [6.45, 7) is 11.4. The molecular weight excluding hydrogens is 472 g/mol. The lowest BCUT2D eigenvalue weighted by atomic mass is 10.0. The molecule has 0 spiro atoms. The minimum Gasteiger partial charge on any atom is -0.373 e. The molecule has 2 aromatic heterocycles. The Labute approximate surface area is 208 Å². The van der Waals surface area contributed by atoms with Crippen molar-refractivity contribution < 1.29 is 14.3 Å². The zero-order valence-electron chi connectivity index (χ0n) is 19.9. The maximum Gasteiger partial charge on any atom is 0.230 e. The summed E-state index contributed by atoms with van der Waals surface area (Å²) < 4.78 is 6.34. The zero-order chi connectivity index (χ0) is 24.5. The second-order valence-electron chi connectivity index (χ2n) is 9.20.